The number of nitrogens with zero attached hydrogens (tertiary/aromatic N) is 2. The minimum absolute atomic E-state index is 0.174. The van der Waals surface area contributed by atoms with E-state index in [9.17, 15) is 9.59 Å². The quantitative estimate of drug-likeness (QED) is 0.548. The van der Waals surface area contributed by atoms with Crippen molar-refractivity contribution in [2.24, 2.45) is 0 Å². The second-order valence-corrected chi connectivity index (χ2v) is 7.96. The van der Waals surface area contributed by atoms with Crippen LogP contribution < -0.4 is 5.32 Å². The average molecular weight is 440 g/mol. The summed E-state index contributed by atoms with van der Waals surface area (Å²) >= 11 is 6.38. The number of aryl methyl sites for hydroxylation is 3. The van der Waals surface area contributed by atoms with Crippen molar-refractivity contribution in [3.8, 4) is 0 Å². The van der Waals surface area contributed by atoms with Crippen LogP contribution >= 0.6 is 11.6 Å². The lowest BCUT2D eigenvalue weighted by Crippen LogP contribution is -2.31. The van der Waals surface area contributed by atoms with Crippen molar-refractivity contribution in [3.63, 3.8) is 0 Å². The highest BCUT2D eigenvalue weighted by Gasteiger charge is 2.23. The van der Waals surface area contributed by atoms with Crippen LogP contribution in [0.4, 0.5) is 0 Å². The molecule has 0 aliphatic rings. The largest absolute Gasteiger partial charge is 0.452 e. The molecule has 7 heteroatoms. The van der Waals surface area contributed by atoms with Crippen molar-refractivity contribution >= 4 is 23.5 Å². The highest BCUT2D eigenvalue weighted by atomic mass is 35.5. The molecular formula is C24H26ClN3O3. The molecule has 3 rings (SSSR count). The first-order chi connectivity index (χ1) is 14.8. The summed E-state index contributed by atoms with van der Waals surface area (Å²) < 4.78 is 6.75. The summed E-state index contributed by atoms with van der Waals surface area (Å²) in [5, 5.41) is 7.38. The summed E-state index contributed by atoms with van der Waals surface area (Å²) in [5.41, 5.74) is 4.97. The van der Waals surface area contributed by atoms with Gasteiger partial charge in [-0.05, 0) is 49.9 Å². The number of halogens is 1. The Morgan fingerprint density at radius 2 is 1.81 bits per heavy atom. The van der Waals surface area contributed by atoms with Crippen molar-refractivity contribution in [1.82, 2.24) is 15.1 Å². The molecule has 1 aromatic heterocycles. The molecule has 0 fully saturated rings. The predicted molar refractivity (Wildman–Crippen MR) is 120 cm³/mol. The van der Waals surface area contributed by atoms with E-state index in [4.69, 9.17) is 16.3 Å². The molecule has 6 nitrogen and oxygen atoms in total. The molecule has 1 heterocycles. The summed E-state index contributed by atoms with van der Waals surface area (Å²) in [4.78, 5) is 24.8. The zero-order valence-electron chi connectivity index (χ0n) is 18.1. The highest BCUT2D eigenvalue weighted by Crippen LogP contribution is 2.22. The maximum absolute atomic E-state index is 12.6. The summed E-state index contributed by atoms with van der Waals surface area (Å²) in [6, 6.07) is 15.5. The van der Waals surface area contributed by atoms with E-state index in [1.54, 1.807) is 11.6 Å². The van der Waals surface area contributed by atoms with Crippen LogP contribution in [0.2, 0.25) is 5.15 Å². The monoisotopic (exact) mass is 439 g/mol. The first-order valence-corrected chi connectivity index (χ1v) is 10.4. The number of esters is 1. The van der Waals surface area contributed by atoms with Crippen LogP contribution in [0, 0.1) is 20.8 Å². The zero-order chi connectivity index (χ0) is 22.5. The van der Waals surface area contributed by atoms with Gasteiger partial charge in [0.2, 0.25) is 0 Å². The van der Waals surface area contributed by atoms with Crippen molar-refractivity contribution in [1.29, 1.82) is 0 Å². The van der Waals surface area contributed by atoms with Gasteiger partial charge in [0.05, 0.1) is 18.3 Å². The van der Waals surface area contributed by atoms with Gasteiger partial charge in [0.1, 0.15) is 10.7 Å². The molecule has 0 bridgehead atoms. The number of nitrogens with one attached hydrogen (secondary N) is 1. The van der Waals surface area contributed by atoms with Crippen molar-refractivity contribution in [2.75, 3.05) is 6.61 Å². The number of amides is 1. The third-order valence-electron chi connectivity index (χ3n) is 5.19. The minimum Gasteiger partial charge on any atom is -0.452 e. The van der Waals surface area contributed by atoms with Gasteiger partial charge in [0.15, 0.2) is 6.61 Å². The lowest BCUT2D eigenvalue weighted by Gasteiger charge is -2.15. The van der Waals surface area contributed by atoms with E-state index < -0.39 is 12.6 Å². The lowest BCUT2D eigenvalue weighted by molar-refractivity contribution is -0.124. The van der Waals surface area contributed by atoms with Gasteiger partial charge in [-0.2, -0.15) is 5.10 Å². The Labute approximate surface area is 187 Å². The van der Waals surface area contributed by atoms with E-state index in [2.05, 4.69) is 10.4 Å². The number of rotatable bonds is 7. The van der Waals surface area contributed by atoms with Crippen molar-refractivity contribution in [2.45, 2.75) is 40.3 Å². The number of carbonyl (C=O) groups excluding carboxylic acids is 2. The van der Waals surface area contributed by atoms with Gasteiger partial charge in [0.25, 0.3) is 5.91 Å². The van der Waals surface area contributed by atoms with Gasteiger partial charge in [0, 0.05) is 0 Å². The maximum atomic E-state index is 12.6. The molecule has 1 unspecified atom stereocenters. The Balaban J connectivity index is 1.60. The zero-order valence-corrected chi connectivity index (χ0v) is 18.9. The number of hydrogen-bond donors (Lipinski definition) is 1. The molecule has 1 N–H and O–H groups in total. The Morgan fingerprint density at radius 1 is 1.10 bits per heavy atom. The first kappa shape index (κ1) is 22.6. The molecule has 0 aliphatic heterocycles. The summed E-state index contributed by atoms with van der Waals surface area (Å²) in [6.07, 6.45) is 0. The molecule has 0 saturated carbocycles. The van der Waals surface area contributed by atoms with Crippen LogP contribution in [-0.2, 0) is 16.1 Å². The number of hydrogen-bond acceptors (Lipinski definition) is 4. The standard InChI is InChI=1S/C24H26ClN3O3/c1-15-10-11-20(12-16(15)2)17(3)26-21(29)14-31-24(30)22-18(4)27-28(23(22)25)13-19-8-6-5-7-9-19/h5-12,17H,13-14H2,1-4H3,(H,26,29). The second-order valence-electron chi connectivity index (χ2n) is 7.60. The van der Waals surface area contributed by atoms with Gasteiger partial charge >= 0.3 is 5.97 Å². The van der Waals surface area contributed by atoms with E-state index in [1.807, 2.05) is 69.3 Å². The highest BCUT2D eigenvalue weighted by molar-refractivity contribution is 6.32. The third-order valence-corrected chi connectivity index (χ3v) is 5.57. The first-order valence-electron chi connectivity index (χ1n) is 10.1. The fourth-order valence-corrected chi connectivity index (χ4v) is 3.56. The molecule has 0 aliphatic carbocycles. The second kappa shape index (κ2) is 9.79. The molecule has 0 radical (unpaired) electrons. The Morgan fingerprint density at radius 3 is 2.48 bits per heavy atom. The molecule has 2 aromatic carbocycles. The number of ether oxygens (including phenoxy) is 1. The molecule has 1 amide bonds. The SMILES string of the molecule is Cc1ccc(C(C)NC(=O)COC(=O)c2c(C)nn(Cc3ccccc3)c2Cl)cc1C. The summed E-state index contributed by atoms with van der Waals surface area (Å²) in [6.45, 7) is 7.68. The van der Waals surface area contributed by atoms with E-state index >= 15 is 0 Å². The number of carbonyl (C=O) groups is 2. The van der Waals surface area contributed by atoms with E-state index in [1.165, 1.54) is 5.56 Å². The summed E-state index contributed by atoms with van der Waals surface area (Å²) in [5.74, 6) is -1.06. The predicted octanol–water partition coefficient (Wildman–Crippen LogP) is 4.54. The van der Waals surface area contributed by atoms with Crippen LogP contribution in [0.5, 0.6) is 0 Å². The smallest absolute Gasteiger partial charge is 0.343 e. The fraction of sp³-hybridized carbons (Fsp3) is 0.292. The van der Waals surface area contributed by atoms with Crippen LogP contribution in [0.15, 0.2) is 48.5 Å². The van der Waals surface area contributed by atoms with Crippen molar-refractivity contribution in [3.05, 3.63) is 87.2 Å². The Hall–Kier alpha value is -3.12. The molecular weight excluding hydrogens is 414 g/mol. The molecule has 31 heavy (non-hydrogen) atoms. The molecule has 0 saturated heterocycles. The van der Waals surface area contributed by atoms with E-state index in [0.29, 0.717) is 12.2 Å². The molecule has 162 valence electrons. The normalized spacial score (nSPS) is 11.8. The Bertz CT molecular complexity index is 1090. The molecule has 3 aromatic rings. The van der Waals surface area contributed by atoms with Crippen molar-refractivity contribution < 1.29 is 14.3 Å². The number of benzene rings is 2. The lowest BCUT2D eigenvalue weighted by atomic mass is 10.0. The summed E-state index contributed by atoms with van der Waals surface area (Å²) in [7, 11) is 0. The topological polar surface area (TPSA) is 73.2 Å². The van der Waals surface area contributed by atoms with Gasteiger partial charge in [-0.3, -0.25) is 4.79 Å². The van der Waals surface area contributed by atoms with E-state index in [0.717, 1.165) is 16.7 Å². The fourth-order valence-electron chi connectivity index (χ4n) is 3.25. The van der Waals surface area contributed by atoms with Gasteiger partial charge in [-0.25, -0.2) is 9.48 Å². The molecule has 0 spiro atoms. The van der Waals surface area contributed by atoms with Crippen LogP contribution in [0.3, 0.4) is 0 Å². The average Bonchev–Trinajstić information content (AvgIpc) is 3.02. The van der Waals surface area contributed by atoms with Crippen LogP contribution in [-0.4, -0.2) is 28.3 Å². The van der Waals surface area contributed by atoms with E-state index in [-0.39, 0.29) is 22.7 Å². The maximum Gasteiger partial charge on any atom is 0.343 e. The number of aromatic nitrogens is 2. The van der Waals surface area contributed by atoms with Crippen LogP contribution in [0.1, 0.15) is 51.3 Å². The Kier molecular flexibility index (Phi) is 7.13. The van der Waals surface area contributed by atoms with Gasteiger partial charge in [-0.1, -0.05) is 60.1 Å². The molecule has 1 atom stereocenters. The van der Waals surface area contributed by atoms with Crippen LogP contribution in [0.25, 0.3) is 0 Å². The van der Waals surface area contributed by atoms with Gasteiger partial charge in [-0.15, -0.1) is 0 Å². The van der Waals surface area contributed by atoms with Gasteiger partial charge < -0.3 is 10.1 Å². The third kappa shape index (κ3) is 5.52. The minimum atomic E-state index is -0.671.